The molecule has 1 aliphatic carbocycles. The Kier molecular flexibility index (Phi) is 5.54. The summed E-state index contributed by atoms with van der Waals surface area (Å²) in [4.78, 5) is 12.0. The third-order valence-corrected chi connectivity index (χ3v) is 4.49. The third-order valence-electron chi connectivity index (χ3n) is 4.49. The molecule has 0 aromatic heterocycles. The van der Waals surface area contributed by atoms with E-state index in [0.717, 1.165) is 12.1 Å². The zero-order valence-electron chi connectivity index (χ0n) is 14.5. The summed E-state index contributed by atoms with van der Waals surface area (Å²) in [6.45, 7) is 8.71. The molecule has 23 heavy (non-hydrogen) atoms. The molecule has 1 aromatic carbocycles. The van der Waals surface area contributed by atoms with E-state index in [0.29, 0.717) is 11.5 Å². The van der Waals surface area contributed by atoms with Crippen molar-refractivity contribution in [2.45, 2.75) is 40.5 Å². The van der Waals surface area contributed by atoms with Crippen LogP contribution in [-0.2, 0) is 0 Å². The van der Waals surface area contributed by atoms with Crippen LogP contribution in [0.3, 0.4) is 0 Å². The van der Waals surface area contributed by atoms with Gasteiger partial charge in [0.25, 0.3) is 5.91 Å². The molecule has 1 atom stereocenters. The number of carbonyl (C=O) groups excluding carboxylic acids is 1. The fourth-order valence-electron chi connectivity index (χ4n) is 3.05. The minimum Gasteiger partial charge on any atom is -0.267 e. The second-order valence-electron chi connectivity index (χ2n) is 6.87. The van der Waals surface area contributed by atoms with Crippen molar-refractivity contribution >= 4 is 11.6 Å². The van der Waals surface area contributed by atoms with Gasteiger partial charge in [0.05, 0.1) is 5.71 Å². The molecule has 0 aliphatic heterocycles. The monoisotopic (exact) mass is 310 g/mol. The molecular weight excluding hydrogens is 284 g/mol. The number of nitrogens with zero attached hydrogens (tertiary/aromatic N) is 1. The molecule has 1 unspecified atom stereocenters. The SMILES string of the molecule is CC1=CCCC(C)(C)C1C=CC(C)=NNC(=O)c1ccccc1. The first-order chi connectivity index (χ1) is 10.9. The number of rotatable bonds is 4. The van der Waals surface area contributed by atoms with Gasteiger partial charge in [-0.1, -0.05) is 49.8 Å². The Morgan fingerprint density at radius 1 is 1.30 bits per heavy atom. The van der Waals surface area contributed by atoms with E-state index in [9.17, 15) is 4.79 Å². The Morgan fingerprint density at radius 3 is 2.65 bits per heavy atom. The zero-order chi connectivity index (χ0) is 16.9. The normalized spacial score (nSPS) is 21.1. The van der Waals surface area contributed by atoms with Crippen LogP contribution in [0.25, 0.3) is 0 Å². The van der Waals surface area contributed by atoms with Crippen molar-refractivity contribution in [1.29, 1.82) is 0 Å². The maximum atomic E-state index is 12.0. The molecule has 0 saturated heterocycles. The lowest BCUT2D eigenvalue weighted by Crippen LogP contribution is -2.26. The van der Waals surface area contributed by atoms with Gasteiger partial charge >= 0.3 is 0 Å². The molecule has 0 heterocycles. The summed E-state index contributed by atoms with van der Waals surface area (Å²) < 4.78 is 0. The first-order valence-corrected chi connectivity index (χ1v) is 8.15. The van der Waals surface area contributed by atoms with Crippen LogP contribution in [0.15, 0.2) is 59.2 Å². The number of allylic oxidation sites excluding steroid dienone is 4. The number of nitrogens with one attached hydrogen (secondary N) is 1. The molecule has 2 rings (SSSR count). The third kappa shape index (κ3) is 4.65. The Balaban J connectivity index is 2.00. The van der Waals surface area contributed by atoms with E-state index < -0.39 is 0 Å². The van der Waals surface area contributed by atoms with Crippen LogP contribution in [0, 0.1) is 11.3 Å². The number of carbonyl (C=O) groups is 1. The summed E-state index contributed by atoms with van der Waals surface area (Å²) in [6.07, 6.45) is 8.88. The maximum absolute atomic E-state index is 12.0. The highest BCUT2D eigenvalue weighted by atomic mass is 16.2. The molecule has 1 aliphatic rings. The molecule has 3 nitrogen and oxygen atoms in total. The molecule has 0 saturated carbocycles. The number of hydrogen-bond donors (Lipinski definition) is 1. The quantitative estimate of drug-likeness (QED) is 0.487. The highest BCUT2D eigenvalue weighted by Gasteiger charge is 2.30. The van der Waals surface area contributed by atoms with Crippen molar-refractivity contribution in [1.82, 2.24) is 5.43 Å². The van der Waals surface area contributed by atoms with Gasteiger partial charge in [-0.25, -0.2) is 5.43 Å². The highest BCUT2D eigenvalue weighted by molar-refractivity contribution is 5.97. The van der Waals surface area contributed by atoms with E-state index >= 15 is 0 Å². The summed E-state index contributed by atoms with van der Waals surface area (Å²) in [5.41, 5.74) is 5.69. The summed E-state index contributed by atoms with van der Waals surface area (Å²) >= 11 is 0. The number of benzene rings is 1. The summed E-state index contributed by atoms with van der Waals surface area (Å²) in [5, 5.41) is 4.17. The minimum atomic E-state index is -0.188. The fourth-order valence-corrected chi connectivity index (χ4v) is 3.05. The van der Waals surface area contributed by atoms with Crippen molar-refractivity contribution in [2.24, 2.45) is 16.4 Å². The first-order valence-electron chi connectivity index (χ1n) is 8.15. The number of amides is 1. The second-order valence-corrected chi connectivity index (χ2v) is 6.87. The van der Waals surface area contributed by atoms with E-state index in [1.54, 1.807) is 12.1 Å². The van der Waals surface area contributed by atoms with E-state index in [1.165, 1.54) is 12.0 Å². The largest absolute Gasteiger partial charge is 0.271 e. The van der Waals surface area contributed by atoms with Gasteiger partial charge in [0, 0.05) is 11.5 Å². The average Bonchev–Trinajstić information content (AvgIpc) is 2.52. The van der Waals surface area contributed by atoms with Crippen LogP contribution in [0.1, 0.15) is 50.9 Å². The zero-order valence-corrected chi connectivity index (χ0v) is 14.5. The molecular formula is C20H26N2O. The van der Waals surface area contributed by atoms with Gasteiger partial charge in [-0.15, -0.1) is 0 Å². The van der Waals surface area contributed by atoms with Gasteiger partial charge < -0.3 is 0 Å². The van der Waals surface area contributed by atoms with Gasteiger partial charge in [0.2, 0.25) is 0 Å². The van der Waals surface area contributed by atoms with E-state index in [4.69, 9.17) is 0 Å². The topological polar surface area (TPSA) is 41.5 Å². The minimum absolute atomic E-state index is 0.188. The molecule has 0 radical (unpaired) electrons. The lowest BCUT2D eigenvalue weighted by atomic mass is 9.68. The van der Waals surface area contributed by atoms with Crippen LogP contribution in [0.4, 0.5) is 0 Å². The van der Waals surface area contributed by atoms with E-state index in [-0.39, 0.29) is 11.3 Å². The van der Waals surface area contributed by atoms with E-state index in [2.05, 4.69) is 43.5 Å². The van der Waals surface area contributed by atoms with Gasteiger partial charge in [0.1, 0.15) is 0 Å². The predicted molar refractivity (Wildman–Crippen MR) is 96.4 cm³/mol. The Hall–Kier alpha value is -2.16. The first kappa shape index (κ1) is 17.2. The van der Waals surface area contributed by atoms with Crippen molar-refractivity contribution in [3.8, 4) is 0 Å². The van der Waals surface area contributed by atoms with E-state index in [1.807, 2.05) is 31.2 Å². The van der Waals surface area contributed by atoms with Gasteiger partial charge in [-0.05, 0) is 50.3 Å². The molecule has 122 valence electrons. The Morgan fingerprint density at radius 2 is 2.00 bits per heavy atom. The Labute approximate surface area is 139 Å². The molecule has 0 fully saturated rings. The van der Waals surface area contributed by atoms with Crippen LogP contribution < -0.4 is 5.43 Å². The van der Waals surface area contributed by atoms with Crippen molar-refractivity contribution < 1.29 is 4.79 Å². The highest BCUT2D eigenvalue weighted by Crippen LogP contribution is 2.41. The molecule has 1 N–H and O–H groups in total. The summed E-state index contributed by atoms with van der Waals surface area (Å²) in [7, 11) is 0. The van der Waals surface area contributed by atoms with Gasteiger partial charge in [-0.2, -0.15) is 5.10 Å². The van der Waals surface area contributed by atoms with Crippen molar-refractivity contribution in [3.05, 3.63) is 59.7 Å². The number of hydrogen-bond acceptors (Lipinski definition) is 2. The molecule has 3 heteroatoms. The van der Waals surface area contributed by atoms with Gasteiger partial charge in [-0.3, -0.25) is 4.79 Å². The number of hydrazone groups is 1. The summed E-state index contributed by atoms with van der Waals surface area (Å²) in [6, 6.07) is 9.11. The standard InChI is InChI=1S/C20H26N2O/c1-15-9-8-14-20(3,4)18(15)13-12-16(2)21-22-19(23)17-10-6-5-7-11-17/h5-7,9-13,18H,8,14H2,1-4H3,(H,22,23). The second kappa shape index (κ2) is 7.40. The predicted octanol–water partition coefficient (Wildman–Crippen LogP) is 4.73. The smallest absolute Gasteiger partial charge is 0.267 e. The van der Waals surface area contributed by atoms with Crippen molar-refractivity contribution in [2.75, 3.05) is 0 Å². The average molecular weight is 310 g/mol. The fraction of sp³-hybridized carbons (Fsp3) is 0.400. The van der Waals surface area contributed by atoms with Crippen LogP contribution >= 0.6 is 0 Å². The van der Waals surface area contributed by atoms with Crippen molar-refractivity contribution in [3.63, 3.8) is 0 Å². The summed E-state index contributed by atoms with van der Waals surface area (Å²) in [5.74, 6) is 0.235. The maximum Gasteiger partial charge on any atom is 0.271 e. The van der Waals surface area contributed by atoms with Crippen LogP contribution in [0.5, 0.6) is 0 Å². The lowest BCUT2D eigenvalue weighted by molar-refractivity contribution is 0.0955. The van der Waals surface area contributed by atoms with Crippen LogP contribution in [0.2, 0.25) is 0 Å². The Bertz CT molecular complexity index is 639. The molecule has 1 amide bonds. The molecule has 1 aromatic rings. The van der Waals surface area contributed by atoms with Gasteiger partial charge in [0.15, 0.2) is 0 Å². The lowest BCUT2D eigenvalue weighted by Gasteiger charge is -2.36. The molecule has 0 spiro atoms. The van der Waals surface area contributed by atoms with Crippen LogP contribution in [-0.4, -0.2) is 11.6 Å². The molecule has 0 bridgehead atoms.